The van der Waals surface area contributed by atoms with Crippen molar-refractivity contribution in [2.24, 2.45) is 0 Å². The summed E-state index contributed by atoms with van der Waals surface area (Å²) in [6, 6.07) is 10.4. The van der Waals surface area contributed by atoms with Crippen molar-refractivity contribution in [3.8, 4) is 0 Å². The number of aromatic nitrogens is 2. The molecule has 6 nitrogen and oxygen atoms in total. The van der Waals surface area contributed by atoms with E-state index in [1.807, 2.05) is 34.2 Å². The Balaban J connectivity index is 1.59. The molecule has 0 radical (unpaired) electrons. The van der Waals surface area contributed by atoms with Crippen molar-refractivity contribution in [1.82, 2.24) is 14.3 Å². The van der Waals surface area contributed by atoms with Crippen LogP contribution in [0, 0.1) is 0 Å². The van der Waals surface area contributed by atoms with Crippen molar-refractivity contribution in [2.45, 2.75) is 24.7 Å². The van der Waals surface area contributed by atoms with Crippen LogP contribution in [-0.2, 0) is 20.0 Å². The number of carbonyl (C=O) groups is 1. The number of piperidine rings is 1. The lowest BCUT2D eigenvalue weighted by Gasteiger charge is -2.41. The summed E-state index contributed by atoms with van der Waals surface area (Å²) in [5, 5.41) is 2.02. The van der Waals surface area contributed by atoms with Gasteiger partial charge in [0.15, 0.2) is 4.96 Å². The van der Waals surface area contributed by atoms with Crippen LogP contribution in [0.25, 0.3) is 4.96 Å². The zero-order valence-corrected chi connectivity index (χ0v) is 17.4. The number of likely N-dealkylation sites (tertiary alicyclic amines) is 1. The SMILES string of the molecule is CS(=O)(=O)CCC(=O)N1CCC(c2ccccc2)(c2cn3ccsc3n2)CC1. The quantitative estimate of drug-likeness (QED) is 0.640. The molecule has 1 amide bonds. The highest BCUT2D eigenvalue weighted by atomic mass is 32.2. The van der Waals surface area contributed by atoms with Crippen molar-refractivity contribution in [2.75, 3.05) is 25.1 Å². The summed E-state index contributed by atoms with van der Waals surface area (Å²) in [6.45, 7) is 1.20. The van der Waals surface area contributed by atoms with E-state index in [0.29, 0.717) is 13.1 Å². The molecule has 1 aliphatic rings. The predicted molar refractivity (Wildman–Crippen MR) is 110 cm³/mol. The molecule has 1 aromatic carbocycles. The standard InChI is InChI=1S/C20H23N3O3S2/c1-28(25,26)14-7-18(24)22-10-8-20(9-11-22,16-5-3-2-4-6-16)17-15-23-12-13-27-19(23)21-17/h2-6,12-13,15H,7-11,14H2,1H3. The van der Waals surface area contributed by atoms with E-state index in [-0.39, 0.29) is 23.5 Å². The Morgan fingerprint density at radius 3 is 2.57 bits per heavy atom. The smallest absolute Gasteiger partial charge is 0.223 e. The Kier molecular flexibility index (Phi) is 5.01. The molecule has 1 aliphatic heterocycles. The van der Waals surface area contributed by atoms with Crippen LogP contribution in [0.5, 0.6) is 0 Å². The third-order valence-corrected chi connectivity index (χ3v) is 7.28. The van der Waals surface area contributed by atoms with Crippen LogP contribution in [0.1, 0.15) is 30.5 Å². The number of hydrogen-bond donors (Lipinski definition) is 0. The van der Waals surface area contributed by atoms with Gasteiger partial charge in [-0.15, -0.1) is 11.3 Å². The number of nitrogens with zero attached hydrogens (tertiary/aromatic N) is 3. The van der Waals surface area contributed by atoms with Gasteiger partial charge in [-0.3, -0.25) is 9.20 Å². The van der Waals surface area contributed by atoms with Crippen LogP contribution < -0.4 is 0 Å². The van der Waals surface area contributed by atoms with Crippen molar-refractivity contribution in [1.29, 1.82) is 0 Å². The van der Waals surface area contributed by atoms with Gasteiger partial charge >= 0.3 is 0 Å². The van der Waals surface area contributed by atoms with Gasteiger partial charge in [0.05, 0.1) is 11.4 Å². The number of hydrogen-bond acceptors (Lipinski definition) is 5. The van der Waals surface area contributed by atoms with Crippen molar-refractivity contribution < 1.29 is 13.2 Å². The zero-order valence-electron chi connectivity index (χ0n) is 15.7. The molecule has 0 bridgehead atoms. The Hall–Kier alpha value is -2.19. The molecule has 2 aromatic heterocycles. The molecule has 8 heteroatoms. The number of thiazole rings is 1. The van der Waals surface area contributed by atoms with Gasteiger partial charge in [-0.05, 0) is 18.4 Å². The van der Waals surface area contributed by atoms with Gasteiger partial charge in [-0.2, -0.15) is 0 Å². The van der Waals surface area contributed by atoms with E-state index >= 15 is 0 Å². The fourth-order valence-corrected chi connectivity index (χ4v) is 5.22. The summed E-state index contributed by atoms with van der Waals surface area (Å²) in [7, 11) is -3.13. The molecule has 0 atom stereocenters. The monoisotopic (exact) mass is 417 g/mol. The Bertz CT molecular complexity index is 1050. The summed E-state index contributed by atoms with van der Waals surface area (Å²) in [5.74, 6) is -0.179. The first-order valence-corrected chi connectivity index (χ1v) is 12.3. The number of benzene rings is 1. The average molecular weight is 418 g/mol. The highest BCUT2D eigenvalue weighted by Crippen LogP contribution is 2.41. The lowest BCUT2D eigenvalue weighted by atomic mass is 9.70. The number of fused-ring (bicyclic) bond motifs is 1. The molecule has 0 aliphatic carbocycles. The highest BCUT2D eigenvalue weighted by Gasteiger charge is 2.40. The first-order valence-electron chi connectivity index (χ1n) is 9.31. The topological polar surface area (TPSA) is 71.8 Å². The summed E-state index contributed by atoms with van der Waals surface area (Å²) in [4.78, 5) is 20.1. The number of carbonyl (C=O) groups excluding carboxylic acids is 1. The summed E-state index contributed by atoms with van der Waals surface area (Å²) >= 11 is 1.61. The first kappa shape index (κ1) is 19.1. The Morgan fingerprint density at radius 1 is 1.21 bits per heavy atom. The van der Waals surface area contributed by atoms with Gasteiger partial charge < -0.3 is 4.90 Å². The molecule has 1 fully saturated rings. The molecule has 0 unspecified atom stereocenters. The van der Waals surface area contributed by atoms with E-state index < -0.39 is 9.84 Å². The van der Waals surface area contributed by atoms with E-state index in [9.17, 15) is 13.2 Å². The minimum Gasteiger partial charge on any atom is -0.343 e. The molecule has 1 saturated heterocycles. The number of rotatable bonds is 5. The zero-order chi connectivity index (χ0) is 19.8. The Morgan fingerprint density at radius 2 is 1.93 bits per heavy atom. The van der Waals surface area contributed by atoms with E-state index in [1.165, 1.54) is 11.8 Å². The average Bonchev–Trinajstić information content (AvgIpc) is 3.29. The maximum absolute atomic E-state index is 12.5. The van der Waals surface area contributed by atoms with Crippen molar-refractivity contribution in [3.63, 3.8) is 0 Å². The van der Waals surface area contributed by atoms with Gasteiger partial charge in [0, 0.05) is 49.0 Å². The van der Waals surface area contributed by atoms with E-state index in [1.54, 1.807) is 16.2 Å². The second-order valence-electron chi connectivity index (χ2n) is 7.43. The molecular formula is C20H23N3O3S2. The van der Waals surface area contributed by atoms with Crippen molar-refractivity contribution >= 4 is 32.0 Å². The van der Waals surface area contributed by atoms with Crippen molar-refractivity contribution in [3.05, 3.63) is 59.4 Å². The third kappa shape index (κ3) is 3.71. The van der Waals surface area contributed by atoms with Crippen LogP contribution in [0.2, 0.25) is 0 Å². The molecule has 0 saturated carbocycles. The van der Waals surface area contributed by atoms with Gasteiger partial charge in [-0.25, -0.2) is 13.4 Å². The van der Waals surface area contributed by atoms with Crippen LogP contribution in [0.4, 0.5) is 0 Å². The molecular weight excluding hydrogens is 394 g/mol. The minimum absolute atomic E-state index is 0.0530. The molecule has 4 rings (SSSR count). The maximum atomic E-state index is 12.5. The fraction of sp³-hybridized carbons (Fsp3) is 0.400. The normalized spacial score (nSPS) is 17.1. The highest BCUT2D eigenvalue weighted by molar-refractivity contribution is 7.90. The van der Waals surface area contributed by atoms with Gasteiger partial charge in [0.1, 0.15) is 9.84 Å². The summed E-state index contributed by atoms with van der Waals surface area (Å²) < 4.78 is 24.8. The second kappa shape index (κ2) is 7.33. The molecule has 0 spiro atoms. The van der Waals surface area contributed by atoms with Gasteiger partial charge in [0.25, 0.3) is 0 Å². The lowest BCUT2D eigenvalue weighted by Crippen LogP contribution is -2.46. The first-order chi connectivity index (χ1) is 13.4. The van der Waals surface area contributed by atoms with E-state index in [2.05, 4.69) is 18.3 Å². The molecule has 3 heterocycles. The summed E-state index contributed by atoms with van der Waals surface area (Å²) in [6.07, 6.45) is 6.87. The van der Waals surface area contributed by atoms with E-state index in [0.717, 1.165) is 23.5 Å². The number of imidazole rings is 1. The van der Waals surface area contributed by atoms with Crippen LogP contribution in [0.3, 0.4) is 0 Å². The number of sulfone groups is 1. The van der Waals surface area contributed by atoms with Crippen LogP contribution in [0.15, 0.2) is 48.1 Å². The predicted octanol–water partition coefficient (Wildman–Crippen LogP) is 2.74. The lowest BCUT2D eigenvalue weighted by molar-refractivity contribution is -0.132. The largest absolute Gasteiger partial charge is 0.343 e. The Labute approximate surface area is 168 Å². The minimum atomic E-state index is -3.13. The molecule has 28 heavy (non-hydrogen) atoms. The molecule has 3 aromatic rings. The van der Waals surface area contributed by atoms with Crippen LogP contribution >= 0.6 is 11.3 Å². The number of amides is 1. The second-order valence-corrected chi connectivity index (χ2v) is 10.6. The van der Waals surface area contributed by atoms with Gasteiger partial charge in [0.2, 0.25) is 5.91 Å². The van der Waals surface area contributed by atoms with Crippen LogP contribution in [-0.4, -0.2) is 53.7 Å². The van der Waals surface area contributed by atoms with Gasteiger partial charge in [-0.1, -0.05) is 30.3 Å². The molecule has 0 N–H and O–H groups in total. The van der Waals surface area contributed by atoms with E-state index in [4.69, 9.17) is 4.98 Å². The maximum Gasteiger partial charge on any atom is 0.223 e. The molecule has 148 valence electrons. The summed E-state index contributed by atoms with van der Waals surface area (Å²) in [5.41, 5.74) is 2.01. The third-order valence-electron chi connectivity index (χ3n) is 5.57. The fourth-order valence-electron chi connectivity index (χ4n) is 3.98.